The van der Waals surface area contributed by atoms with Gasteiger partial charge in [0.15, 0.2) is 0 Å². The first-order valence-corrected chi connectivity index (χ1v) is 3.74. The molecule has 0 unspecified atom stereocenters. The van der Waals surface area contributed by atoms with Gasteiger partial charge in [-0.3, -0.25) is 0 Å². The molecule has 0 aliphatic carbocycles. The number of hydroxylamine groups is 2. The first-order valence-electron chi connectivity index (χ1n) is 2.62. The second-order valence-electron chi connectivity index (χ2n) is 1.58. The van der Waals surface area contributed by atoms with E-state index in [1.807, 2.05) is 7.05 Å². The van der Waals surface area contributed by atoms with Gasteiger partial charge in [-0.2, -0.15) is 5.06 Å². The number of rotatable bonds is 4. The van der Waals surface area contributed by atoms with Gasteiger partial charge >= 0.3 is 0 Å². The third kappa shape index (κ3) is 4.56. The molecule has 0 aliphatic rings. The van der Waals surface area contributed by atoms with Crippen LogP contribution in [0.3, 0.4) is 0 Å². The molecule has 0 N–H and O–H groups in total. The molecule has 0 spiro atoms. The summed E-state index contributed by atoms with van der Waals surface area (Å²) in [5.74, 6) is 0. The molecule has 0 rings (SSSR count). The Morgan fingerprint density at radius 1 is 1.62 bits per heavy atom. The number of hydrogen-bond acceptors (Lipinski definition) is 2. The second-order valence-corrected chi connectivity index (χ2v) is 2.37. The van der Waals surface area contributed by atoms with Crippen molar-refractivity contribution in [2.75, 3.05) is 26.0 Å². The number of hydrogen-bond donors (Lipinski definition) is 0. The van der Waals surface area contributed by atoms with Crippen LogP contribution >= 0.6 is 15.9 Å². The Hall–Kier alpha value is 0.400. The summed E-state index contributed by atoms with van der Waals surface area (Å²) in [6.45, 7) is 0.988. The summed E-state index contributed by atoms with van der Waals surface area (Å²) in [6, 6.07) is 0. The summed E-state index contributed by atoms with van der Waals surface area (Å²) in [5.41, 5.74) is 0. The van der Waals surface area contributed by atoms with Gasteiger partial charge in [-0.1, -0.05) is 15.9 Å². The summed E-state index contributed by atoms with van der Waals surface area (Å²) in [6.07, 6.45) is 1.13. The average molecular weight is 182 g/mol. The van der Waals surface area contributed by atoms with Crippen molar-refractivity contribution in [1.29, 1.82) is 0 Å². The first-order chi connectivity index (χ1) is 3.81. The minimum atomic E-state index is 0.988. The predicted octanol–water partition coefficient (Wildman–Crippen LogP) is 1.26. The molecule has 0 atom stereocenters. The van der Waals surface area contributed by atoms with Crippen molar-refractivity contribution in [2.24, 2.45) is 0 Å². The highest BCUT2D eigenvalue weighted by atomic mass is 79.9. The van der Waals surface area contributed by atoms with Crippen LogP contribution in [0.4, 0.5) is 0 Å². The average Bonchev–Trinajstić information content (AvgIpc) is 1.83. The van der Waals surface area contributed by atoms with Crippen LogP contribution in [-0.2, 0) is 4.84 Å². The minimum absolute atomic E-state index is 0.988. The lowest BCUT2D eigenvalue weighted by Crippen LogP contribution is -2.17. The molecule has 0 saturated carbocycles. The van der Waals surface area contributed by atoms with Crippen molar-refractivity contribution >= 4 is 15.9 Å². The van der Waals surface area contributed by atoms with E-state index >= 15 is 0 Å². The van der Waals surface area contributed by atoms with E-state index in [4.69, 9.17) is 4.84 Å². The predicted molar refractivity (Wildman–Crippen MR) is 38.1 cm³/mol. The zero-order valence-electron chi connectivity index (χ0n) is 5.35. The van der Waals surface area contributed by atoms with Crippen LogP contribution in [0, 0.1) is 0 Å². The summed E-state index contributed by atoms with van der Waals surface area (Å²) in [4.78, 5) is 4.86. The van der Waals surface area contributed by atoms with Gasteiger partial charge in [-0.15, -0.1) is 0 Å². The normalized spacial score (nSPS) is 10.5. The van der Waals surface area contributed by atoms with Gasteiger partial charge in [0.1, 0.15) is 0 Å². The Balaban J connectivity index is 2.86. The van der Waals surface area contributed by atoms with E-state index in [1.165, 1.54) is 0 Å². The second kappa shape index (κ2) is 5.54. The lowest BCUT2D eigenvalue weighted by atomic mass is 10.5. The highest BCUT2D eigenvalue weighted by Gasteiger charge is 1.90. The van der Waals surface area contributed by atoms with Gasteiger partial charge in [0, 0.05) is 18.9 Å². The third-order valence-electron chi connectivity index (χ3n) is 0.918. The molecule has 3 heteroatoms. The largest absolute Gasteiger partial charge is 0.303 e. The van der Waals surface area contributed by atoms with Crippen LogP contribution in [0.25, 0.3) is 0 Å². The molecule has 0 saturated heterocycles. The lowest BCUT2D eigenvalue weighted by molar-refractivity contribution is -0.108. The van der Waals surface area contributed by atoms with Crippen LogP contribution < -0.4 is 0 Å². The molecule has 0 aliphatic heterocycles. The maximum atomic E-state index is 4.86. The van der Waals surface area contributed by atoms with Gasteiger partial charge in [0.2, 0.25) is 0 Å². The van der Waals surface area contributed by atoms with Crippen molar-refractivity contribution in [3.8, 4) is 0 Å². The van der Waals surface area contributed by atoms with Crippen molar-refractivity contribution in [2.45, 2.75) is 6.42 Å². The summed E-state index contributed by atoms with van der Waals surface area (Å²) in [5, 5.41) is 2.85. The quantitative estimate of drug-likeness (QED) is 0.479. The van der Waals surface area contributed by atoms with Crippen LogP contribution in [0.1, 0.15) is 6.42 Å². The standard InChI is InChI=1S/C5H12BrNO/c1-7(8-2)5-3-4-6/h3-5H2,1-2H3. The van der Waals surface area contributed by atoms with Crippen LogP contribution in [-0.4, -0.2) is 31.1 Å². The molecule has 0 heterocycles. The molecule has 2 nitrogen and oxygen atoms in total. The van der Waals surface area contributed by atoms with Crippen molar-refractivity contribution in [3.63, 3.8) is 0 Å². The number of halogens is 1. The molecule has 0 aromatic carbocycles. The molecular weight excluding hydrogens is 170 g/mol. The zero-order chi connectivity index (χ0) is 6.41. The van der Waals surface area contributed by atoms with Gasteiger partial charge in [0.05, 0.1) is 7.11 Å². The van der Waals surface area contributed by atoms with Crippen molar-refractivity contribution < 1.29 is 4.84 Å². The van der Waals surface area contributed by atoms with Crippen LogP contribution in [0.2, 0.25) is 0 Å². The Kier molecular flexibility index (Phi) is 5.81. The van der Waals surface area contributed by atoms with Crippen molar-refractivity contribution in [1.82, 2.24) is 5.06 Å². The van der Waals surface area contributed by atoms with E-state index in [9.17, 15) is 0 Å². The van der Waals surface area contributed by atoms with Crippen LogP contribution in [0.15, 0.2) is 0 Å². The summed E-state index contributed by atoms with van der Waals surface area (Å²) >= 11 is 3.32. The lowest BCUT2D eigenvalue weighted by Gasteiger charge is -2.10. The van der Waals surface area contributed by atoms with E-state index in [1.54, 1.807) is 12.2 Å². The first kappa shape index (κ1) is 8.40. The molecule has 0 radical (unpaired) electrons. The Morgan fingerprint density at radius 2 is 2.25 bits per heavy atom. The fourth-order valence-corrected chi connectivity index (χ4v) is 0.624. The Labute approximate surface area is 58.9 Å². The van der Waals surface area contributed by atoms with Gasteiger partial charge in [-0.25, -0.2) is 0 Å². The maximum Gasteiger partial charge on any atom is 0.0575 e. The minimum Gasteiger partial charge on any atom is -0.303 e. The fourth-order valence-electron chi connectivity index (χ4n) is 0.374. The Bertz CT molecular complexity index is 51.7. The van der Waals surface area contributed by atoms with Gasteiger partial charge in [0.25, 0.3) is 0 Å². The van der Waals surface area contributed by atoms with Crippen LogP contribution in [0.5, 0.6) is 0 Å². The molecule has 0 amide bonds. The van der Waals surface area contributed by atoms with Crippen molar-refractivity contribution in [3.05, 3.63) is 0 Å². The molecule has 50 valence electrons. The van der Waals surface area contributed by atoms with E-state index in [0.717, 1.165) is 18.3 Å². The SMILES string of the molecule is CON(C)CCCBr. The molecule has 0 fully saturated rings. The number of alkyl halides is 1. The molecule has 0 aromatic heterocycles. The van der Waals surface area contributed by atoms with Gasteiger partial charge in [-0.05, 0) is 6.42 Å². The fraction of sp³-hybridized carbons (Fsp3) is 1.00. The highest BCUT2D eigenvalue weighted by Crippen LogP contribution is 1.90. The van der Waals surface area contributed by atoms with E-state index in [-0.39, 0.29) is 0 Å². The van der Waals surface area contributed by atoms with E-state index in [0.29, 0.717) is 0 Å². The topological polar surface area (TPSA) is 12.5 Å². The summed E-state index contributed by atoms with van der Waals surface area (Å²) in [7, 11) is 3.59. The van der Waals surface area contributed by atoms with Gasteiger partial charge < -0.3 is 4.84 Å². The zero-order valence-corrected chi connectivity index (χ0v) is 6.94. The molecular formula is C5H12BrNO. The Morgan fingerprint density at radius 3 is 2.62 bits per heavy atom. The highest BCUT2D eigenvalue weighted by molar-refractivity contribution is 9.09. The monoisotopic (exact) mass is 181 g/mol. The maximum absolute atomic E-state index is 4.86. The molecule has 0 bridgehead atoms. The molecule has 0 aromatic rings. The smallest absolute Gasteiger partial charge is 0.0575 e. The van der Waals surface area contributed by atoms with E-state index in [2.05, 4.69) is 15.9 Å². The molecule has 8 heavy (non-hydrogen) atoms. The third-order valence-corrected chi connectivity index (χ3v) is 1.48. The number of nitrogens with zero attached hydrogens (tertiary/aromatic N) is 1. The summed E-state index contributed by atoms with van der Waals surface area (Å²) < 4.78 is 0. The van der Waals surface area contributed by atoms with E-state index < -0.39 is 0 Å².